The number of carbonyl (C=O) groups is 1. The molecule has 0 aliphatic heterocycles. The van der Waals surface area contributed by atoms with Crippen molar-refractivity contribution >= 4 is 5.97 Å². The Balaban J connectivity index is 1.83. The Hall–Kier alpha value is -2.11. The van der Waals surface area contributed by atoms with Crippen LogP contribution in [0.1, 0.15) is 16.9 Å². The van der Waals surface area contributed by atoms with Crippen molar-refractivity contribution in [3.05, 3.63) is 36.7 Å². The van der Waals surface area contributed by atoms with Crippen molar-refractivity contribution in [2.75, 3.05) is 0 Å². The molecule has 2 rings (SSSR count). The number of rotatable bonds is 5. The SMILES string of the molecule is O=C(O)c1ccn(CCCn2ccnc2)n1. The zero-order valence-corrected chi connectivity index (χ0v) is 8.65. The van der Waals surface area contributed by atoms with Crippen molar-refractivity contribution in [3.8, 4) is 0 Å². The standard InChI is InChI=1S/C10H12N4O2/c15-10(16)9-2-6-14(12-9)5-1-4-13-7-3-11-8-13/h2-3,6-8H,1,4-5H2,(H,15,16). The second-order valence-electron chi connectivity index (χ2n) is 3.42. The van der Waals surface area contributed by atoms with Crippen LogP contribution in [0, 0.1) is 0 Å². The highest BCUT2D eigenvalue weighted by molar-refractivity contribution is 5.84. The molecule has 0 unspecified atom stereocenters. The lowest BCUT2D eigenvalue weighted by molar-refractivity contribution is 0.0689. The average molecular weight is 220 g/mol. The van der Waals surface area contributed by atoms with Gasteiger partial charge in [-0.2, -0.15) is 5.10 Å². The fraction of sp³-hybridized carbons (Fsp3) is 0.300. The normalized spacial score (nSPS) is 10.5. The highest BCUT2D eigenvalue weighted by Crippen LogP contribution is 1.98. The van der Waals surface area contributed by atoms with Gasteiger partial charge in [0.1, 0.15) is 0 Å². The maximum atomic E-state index is 10.6. The fourth-order valence-electron chi connectivity index (χ4n) is 1.43. The number of hydrogen-bond acceptors (Lipinski definition) is 3. The van der Waals surface area contributed by atoms with Crippen molar-refractivity contribution in [1.29, 1.82) is 0 Å². The predicted molar refractivity (Wildman–Crippen MR) is 56.0 cm³/mol. The minimum atomic E-state index is -0.992. The van der Waals surface area contributed by atoms with Crippen LogP contribution in [0.2, 0.25) is 0 Å². The predicted octanol–water partition coefficient (Wildman–Crippen LogP) is 0.868. The molecule has 6 heteroatoms. The van der Waals surface area contributed by atoms with Crippen LogP contribution in [0.3, 0.4) is 0 Å². The first kappa shape index (κ1) is 10.4. The van der Waals surface area contributed by atoms with Gasteiger partial charge in [-0.05, 0) is 12.5 Å². The zero-order chi connectivity index (χ0) is 11.4. The summed E-state index contributed by atoms with van der Waals surface area (Å²) in [7, 11) is 0. The molecule has 0 spiro atoms. The van der Waals surface area contributed by atoms with Crippen LogP contribution in [0.4, 0.5) is 0 Å². The topological polar surface area (TPSA) is 72.9 Å². The summed E-state index contributed by atoms with van der Waals surface area (Å²) in [4.78, 5) is 14.5. The van der Waals surface area contributed by atoms with Gasteiger partial charge in [-0.3, -0.25) is 4.68 Å². The van der Waals surface area contributed by atoms with Gasteiger partial charge in [0.05, 0.1) is 6.33 Å². The van der Waals surface area contributed by atoms with Gasteiger partial charge >= 0.3 is 5.97 Å². The van der Waals surface area contributed by atoms with E-state index in [9.17, 15) is 4.79 Å². The first-order valence-electron chi connectivity index (χ1n) is 4.98. The van der Waals surface area contributed by atoms with E-state index in [2.05, 4.69) is 10.1 Å². The summed E-state index contributed by atoms with van der Waals surface area (Å²) in [5.41, 5.74) is 0.0858. The number of carboxylic acids is 1. The maximum Gasteiger partial charge on any atom is 0.356 e. The van der Waals surface area contributed by atoms with Crippen molar-refractivity contribution in [3.63, 3.8) is 0 Å². The van der Waals surface area contributed by atoms with E-state index >= 15 is 0 Å². The zero-order valence-electron chi connectivity index (χ0n) is 8.65. The number of hydrogen-bond donors (Lipinski definition) is 1. The molecular formula is C10H12N4O2. The van der Waals surface area contributed by atoms with E-state index < -0.39 is 5.97 Å². The molecule has 0 saturated carbocycles. The van der Waals surface area contributed by atoms with Gasteiger partial charge in [-0.15, -0.1) is 0 Å². The summed E-state index contributed by atoms with van der Waals surface area (Å²) in [5, 5.41) is 12.6. The Morgan fingerprint density at radius 1 is 1.38 bits per heavy atom. The summed E-state index contributed by atoms with van der Waals surface area (Å²) in [5.74, 6) is -0.992. The first-order chi connectivity index (χ1) is 7.75. The Kier molecular flexibility index (Phi) is 3.00. The van der Waals surface area contributed by atoms with Crippen molar-refractivity contribution < 1.29 is 9.90 Å². The second kappa shape index (κ2) is 4.61. The van der Waals surface area contributed by atoms with Gasteiger partial charge in [0.15, 0.2) is 5.69 Å². The number of aromatic carboxylic acids is 1. The van der Waals surface area contributed by atoms with Gasteiger partial charge in [-0.1, -0.05) is 0 Å². The highest BCUT2D eigenvalue weighted by atomic mass is 16.4. The molecule has 0 fully saturated rings. The Bertz CT molecular complexity index is 461. The lowest BCUT2D eigenvalue weighted by Crippen LogP contribution is -2.05. The molecule has 0 amide bonds. The number of aryl methyl sites for hydroxylation is 2. The Morgan fingerprint density at radius 2 is 2.25 bits per heavy atom. The molecule has 84 valence electrons. The van der Waals surface area contributed by atoms with E-state index in [1.54, 1.807) is 23.4 Å². The van der Waals surface area contributed by atoms with Gasteiger partial charge in [0.25, 0.3) is 0 Å². The van der Waals surface area contributed by atoms with Crippen LogP contribution >= 0.6 is 0 Å². The molecule has 0 aliphatic carbocycles. The number of carboxylic acid groups (broad SMARTS) is 1. The van der Waals surface area contributed by atoms with E-state index in [0.717, 1.165) is 13.0 Å². The maximum absolute atomic E-state index is 10.6. The third-order valence-electron chi connectivity index (χ3n) is 2.22. The lowest BCUT2D eigenvalue weighted by Gasteiger charge is -2.02. The molecule has 0 saturated heterocycles. The van der Waals surface area contributed by atoms with E-state index in [1.807, 2.05) is 10.8 Å². The molecule has 1 N–H and O–H groups in total. The summed E-state index contributed by atoms with van der Waals surface area (Å²) in [6.45, 7) is 1.55. The fourth-order valence-corrected chi connectivity index (χ4v) is 1.43. The summed E-state index contributed by atoms with van der Waals surface area (Å²) < 4.78 is 3.61. The minimum absolute atomic E-state index is 0.0858. The van der Waals surface area contributed by atoms with Gasteiger partial charge in [0, 0.05) is 31.7 Å². The van der Waals surface area contributed by atoms with Crippen LogP contribution in [0.15, 0.2) is 31.0 Å². The largest absolute Gasteiger partial charge is 0.476 e. The molecule has 2 aromatic heterocycles. The molecule has 16 heavy (non-hydrogen) atoms. The van der Waals surface area contributed by atoms with E-state index in [-0.39, 0.29) is 5.69 Å². The Morgan fingerprint density at radius 3 is 2.88 bits per heavy atom. The molecular weight excluding hydrogens is 208 g/mol. The molecule has 0 atom stereocenters. The lowest BCUT2D eigenvalue weighted by atomic mass is 10.4. The summed E-state index contributed by atoms with van der Waals surface area (Å²) in [6.07, 6.45) is 7.95. The van der Waals surface area contributed by atoms with Gasteiger partial charge in [0.2, 0.25) is 0 Å². The average Bonchev–Trinajstić information content (AvgIpc) is 2.87. The molecule has 2 heterocycles. The van der Waals surface area contributed by atoms with Crippen LogP contribution in [-0.2, 0) is 13.1 Å². The monoisotopic (exact) mass is 220 g/mol. The van der Waals surface area contributed by atoms with E-state index in [4.69, 9.17) is 5.11 Å². The molecule has 2 aromatic rings. The molecule has 6 nitrogen and oxygen atoms in total. The Labute approximate surface area is 92.2 Å². The third-order valence-corrected chi connectivity index (χ3v) is 2.22. The van der Waals surface area contributed by atoms with E-state index in [1.165, 1.54) is 6.07 Å². The number of imidazole rings is 1. The molecule has 0 aliphatic rings. The molecule has 0 radical (unpaired) electrons. The summed E-state index contributed by atoms with van der Waals surface area (Å²) >= 11 is 0. The molecule has 0 aromatic carbocycles. The van der Waals surface area contributed by atoms with Crippen LogP contribution < -0.4 is 0 Å². The van der Waals surface area contributed by atoms with Crippen LogP contribution in [0.25, 0.3) is 0 Å². The smallest absolute Gasteiger partial charge is 0.356 e. The van der Waals surface area contributed by atoms with Gasteiger partial charge in [-0.25, -0.2) is 9.78 Å². The minimum Gasteiger partial charge on any atom is -0.476 e. The molecule has 0 bridgehead atoms. The summed E-state index contributed by atoms with van der Waals surface area (Å²) in [6, 6.07) is 1.50. The number of aromatic nitrogens is 4. The highest BCUT2D eigenvalue weighted by Gasteiger charge is 2.05. The third kappa shape index (κ3) is 2.47. The quantitative estimate of drug-likeness (QED) is 0.811. The van der Waals surface area contributed by atoms with Crippen molar-refractivity contribution in [2.24, 2.45) is 0 Å². The second-order valence-corrected chi connectivity index (χ2v) is 3.42. The van der Waals surface area contributed by atoms with E-state index in [0.29, 0.717) is 6.54 Å². The van der Waals surface area contributed by atoms with Crippen molar-refractivity contribution in [2.45, 2.75) is 19.5 Å². The first-order valence-corrected chi connectivity index (χ1v) is 4.98. The van der Waals surface area contributed by atoms with Crippen LogP contribution in [0.5, 0.6) is 0 Å². The van der Waals surface area contributed by atoms with Gasteiger partial charge < -0.3 is 9.67 Å². The number of nitrogens with zero attached hydrogens (tertiary/aromatic N) is 4. The van der Waals surface area contributed by atoms with Crippen LogP contribution in [-0.4, -0.2) is 30.4 Å². The van der Waals surface area contributed by atoms with Crippen molar-refractivity contribution in [1.82, 2.24) is 19.3 Å².